The summed E-state index contributed by atoms with van der Waals surface area (Å²) in [6.45, 7) is 7.49. The Bertz CT molecular complexity index is 452. The fraction of sp³-hybridized carbons (Fsp3) is 0.643. The maximum Gasteiger partial charge on any atom is 0.341 e. The first-order valence-corrected chi connectivity index (χ1v) is 6.79. The van der Waals surface area contributed by atoms with E-state index in [9.17, 15) is 4.79 Å². The van der Waals surface area contributed by atoms with E-state index in [1.807, 2.05) is 6.92 Å². The molecule has 0 spiro atoms. The largest absolute Gasteiger partial charge is 0.465 e. The average Bonchev–Trinajstić information content (AvgIpc) is 2.60. The Kier molecular flexibility index (Phi) is 5.88. The van der Waals surface area contributed by atoms with Crippen LogP contribution in [0.15, 0.2) is 0 Å². The van der Waals surface area contributed by atoms with Crippen LogP contribution in [0.5, 0.6) is 0 Å². The molecule has 4 nitrogen and oxygen atoms in total. The van der Waals surface area contributed by atoms with Crippen LogP contribution >= 0.6 is 11.6 Å². The summed E-state index contributed by atoms with van der Waals surface area (Å²) in [5, 5.41) is 0.511. The van der Waals surface area contributed by atoms with Crippen molar-refractivity contribution in [3.05, 3.63) is 22.0 Å². The average molecular weight is 288 g/mol. The van der Waals surface area contributed by atoms with Gasteiger partial charge in [-0.1, -0.05) is 25.4 Å². The summed E-state index contributed by atoms with van der Waals surface area (Å²) >= 11 is 6.36. The summed E-state index contributed by atoms with van der Waals surface area (Å²) in [6, 6.07) is 0. The van der Waals surface area contributed by atoms with E-state index in [-0.39, 0.29) is 11.9 Å². The van der Waals surface area contributed by atoms with Crippen molar-refractivity contribution in [2.24, 2.45) is 0 Å². The molecule has 1 aromatic heterocycles. The van der Waals surface area contributed by atoms with Crippen LogP contribution in [0.1, 0.15) is 47.9 Å². The highest BCUT2D eigenvalue weighted by Gasteiger charge is 2.25. The summed E-state index contributed by atoms with van der Waals surface area (Å²) in [6.07, 6.45) is 0.878. The van der Waals surface area contributed by atoms with Crippen LogP contribution < -0.4 is 0 Å². The molecule has 1 aromatic rings. The van der Waals surface area contributed by atoms with Gasteiger partial charge in [0.2, 0.25) is 0 Å². The Morgan fingerprint density at radius 3 is 2.47 bits per heavy atom. The first-order valence-electron chi connectivity index (χ1n) is 6.41. The van der Waals surface area contributed by atoms with Gasteiger partial charge in [0.25, 0.3) is 0 Å². The zero-order valence-electron chi connectivity index (χ0n) is 12.2. The van der Waals surface area contributed by atoms with E-state index in [2.05, 4.69) is 18.4 Å². The van der Waals surface area contributed by atoms with Crippen molar-refractivity contribution in [1.29, 1.82) is 0 Å². The molecule has 5 heteroatoms. The van der Waals surface area contributed by atoms with Gasteiger partial charge in [0.15, 0.2) is 0 Å². The second-order valence-corrected chi connectivity index (χ2v) is 5.18. The van der Waals surface area contributed by atoms with Gasteiger partial charge in [-0.05, 0) is 19.3 Å². The van der Waals surface area contributed by atoms with Crippen molar-refractivity contribution in [2.75, 3.05) is 20.8 Å². The van der Waals surface area contributed by atoms with Crippen LogP contribution in [0, 0.1) is 6.92 Å². The number of carbonyl (C=O) groups is 1. The van der Waals surface area contributed by atoms with Gasteiger partial charge in [-0.15, -0.1) is 0 Å². The molecule has 0 atom stereocenters. The zero-order valence-corrected chi connectivity index (χ0v) is 13.0. The van der Waals surface area contributed by atoms with Crippen LogP contribution in [0.3, 0.4) is 0 Å². The number of hydrogen-bond donors (Lipinski definition) is 0. The molecule has 0 fully saturated rings. The van der Waals surface area contributed by atoms with Crippen molar-refractivity contribution in [3.63, 3.8) is 0 Å². The van der Waals surface area contributed by atoms with Crippen LogP contribution in [0.25, 0.3) is 0 Å². The minimum atomic E-state index is -0.380. The number of esters is 1. The fourth-order valence-corrected chi connectivity index (χ4v) is 2.81. The second kappa shape index (κ2) is 6.96. The number of halogens is 1. The Labute approximate surface area is 119 Å². The number of nitrogens with zero attached hydrogens (tertiary/aromatic N) is 1. The van der Waals surface area contributed by atoms with E-state index in [4.69, 9.17) is 21.1 Å². The third-order valence-corrected chi connectivity index (χ3v) is 3.55. The fourth-order valence-electron chi connectivity index (χ4n) is 2.28. The Morgan fingerprint density at radius 1 is 1.37 bits per heavy atom. The molecule has 0 aromatic carbocycles. The smallest absolute Gasteiger partial charge is 0.341 e. The summed E-state index contributed by atoms with van der Waals surface area (Å²) in [5.74, 6) is -0.137. The van der Waals surface area contributed by atoms with Crippen molar-refractivity contribution in [3.8, 4) is 0 Å². The third kappa shape index (κ3) is 3.31. The molecule has 0 saturated heterocycles. The molecular formula is C14H22ClNO3. The quantitative estimate of drug-likeness (QED) is 0.595. The standard InChI is InChI=1S/C14H22ClNO3/c1-9(2)13-12(15)11(14(17)19-5)10(3)16(13)7-6-8-18-4/h9H,6-8H2,1-5H3. The number of aromatic nitrogens is 1. The maximum atomic E-state index is 11.8. The molecule has 0 unspecified atom stereocenters. The lowest BCUT2D eigenvalue weighted by atomic mass is 10.1. The summed E-state index contributed by atoms with van der Waals surface area (Å²) in [5.41, 5.74) is 2.32. The maximum absolute atomic E-state index is 11.8. The van der Waals surface area contributed by atoms with Gasteiger partial charge in [-0.25, -0.2) is 4.79 Å². The molecule has 0 saturated carbocycles. The molecule has 0 aliphatic rings. The second-order valence-electron chi connectivity index (χ2n) is 4.80. The number of carbonyl (C=O) groups excluding carboxylic acids is 1. The molecule has 0 N–H and O–H groups in total. The monoisotopic (exact) mass is 287 g/mol. The van der Waals surface area contributed by atoms with Crippen molar-refractivity contribution in [2.45, 2.75) is 39.7 Å². The molecule has 108 valence electrons. The highest BCUT2D eigenvalue weighted by atomic mass is 35.5. The lowest BCUT2D eigenvalue weighted by Crippen LogP contribution is -2.09. The van der Waals surface area contributed by atoms with Gasteiger partial charge in [-0.2, -0.15) is 0 Å². The molecular weight excluding hydrogens is 266 g/mol. The lowest BCUT2D eigenvalue weighted by molar-refractivity contribution is 0.0600. The molecule has 0 radical (unpaired) electrons. The van der Waals surface area contributed by atoms with Gasteiger partial charge in [0.1, 0.15) is 0 Å². The molecule has 0 amide bonds. The van der Waals surface area contributed by atoms with Crippen LogP contribution in [-0.4, -0.2) is 31.4 Å². The highest BCUT2D eigenvalue weighted by molar-refractivity contribution is 6.34. The van der Waals surface area contributed by atoms with Crippen LogP contribution in [-0.2, 0) is 16.0 Å². The van der Waals surface area contributed by atoms with Crippen molar-refractivity contribution in [1.82, 2.24) is 4.57 Å². The van der Waals surface area contributed by atoms with Crippen molar-refractivity contribution < 1.29 is 14.3 Å². The van der Waals surface area contributed by atoms with E-state index in [0.717, 1.165) is 24.4 Å². The predicted octanol–water partition coefficient (Wildman–Crippen LogP) is 3.40. The van der Waals surface area contributed by atoms with Gasteiger partial charge < -0.3 is 14.0 Å². The van der Waals surface area contributed by atoms with Crippen LogP contribution in [0.2, 0.25) is 5.02 Å². The number of methoxy groups -OCH3 is 2. The zero-order chi connectivity index (χ0) is 14.6. The molecule has 1 heterocycles. The summed E-state index contributed by atoms with van der Waals surface area (Å²) in [7, 11) is 3.05. The molecule has 0 aliphatic heterocycles. The summed E-state index contributed by atoms with van der Waals surface area (Å²) in [4.78, 5) is 11.8. The number of hydrogen-bond acceptors (Lipinski definition) is 3. The minimum Gasteiger partial charge on any atom is -0.465 e. The van der Waals surface area contributed by atoms with Crippen molar-refractivity contribution >= 4 is 17.6 Å². The van der Waals surface area contributed by atoms with Gasteiger partial charge in [-0.3, -0.25) is 0 Å². The Balaban J connectivity index is 3.23. The first-order chi connectivity index (χ1) is 8.95. The number of ether oxygens (including phenoxy) is 2. The minimum absolute atomic E-state index is 0.243. The van der Waals surface area contributed by atoms with Crippen LogP contribution in [0.4, 0.5) is 0 Å². The van der Waals surface area contributed by atoms with E-state index in [0.29, 0.717) is 17.2 Å². The Hall–Kier alpha value is -1.00. The van der Waals surface area contributed by atoms with E-state index in [1.165, 1.54) is 7.11 Å². The lowest BCUT2D eigenvalue weighted by Gasteiger charge is -2.14. The predicted molar refractivity (Wildman–Crippen MR) is 76.1 cm³/mol. The molecule has 19 heavy (non-hydrogen) atoms. The van der Waals surface area contributed by atoms with E-state index < -0.39 is 0 Å². The topological polar surface area (TPSA) is 40.5 Å². The number of rotatable bonds is 6. The first kappa shape index (κ1) is 16.1. The van der Waals surface area contributed by atoms with Gasteiger partial charge in [0.05, 0.1) is 17.7 Å². The third-order valence-electron chi connectivity index (χ3n) is 3.17. The van der Waals surface area contributed by atoms with E-state index in [1.54, 1.807) is 7.11 Å². The van der Waals surface area contributed by atoms with Gasteiger partial charge >= 0.3 is 5.97 Å². The SMILES string of the molecule is COCCCn1c(C)c(C(=O)OC)c(Cl)c1C(C)C. The van der Waals surface area contributed by atoms with Gasteiger partial charge in [0, 0.05) is 31.6 Å². The van der Waals surface area contributed by atoms with E-state index >= 15 is 0 Å². The molecule has 1 rings (SSSR count). The Morgan fingerprint density at radius 2 is 2.00 bits per heavy atom. The summed E-state index contributed by atoms with van der Waals surface area (Å²) < 4.78 is 12.0. The molecule has 0 aliphatic carbocycles. The molecule has 0 bridgehead atoms. The normalized spacial score (nSPS) is 11.1. The highest BCUT2D eigenvalue weighted by Crippen LogP contribution is 2.33.